The van der Waals surface area contributed by atoms with Crippen molar-refractivity contribution in [2.45, 2.75) is 18.6 Å². The van der Waals surface area contributed by atoms with E-state index in [1.54, 1.807) is 12.6 Å². The van der Waals surface area contributed by atoms with Crippen LogP contribution < -0.4 is 5.32 Å². The van der Waals surface area contributed by atoms with E-state index in [0.29, 0.717) is 11.7 Å². The minimum absolute atomic E-state index is 0.0724. The van der Waals surface area contributed by atoms with Crippen LogP contribution in [0.1, 0.15) is 11.3 Å². The van der Waals surface area contributed by atoms with Crippen LogP contribution in [0.4, 0.5) is 5.69 Å². The van der Waals surface area contributed by atoms with Crippen LogP contribution in [0.5, 0.6) is 0 Å². The Kier molecular flexibility index (Phi) is 5.56. The van der Waals surface area contributed by atoms with Crippen LogP contribution in [0.3, 0.4) is 0 Å². The smallest absolute Gasteiger partial charge is 0.234 e. The molecule has 0 unspecified atom stereocenters. The average molecular weight is 454 g/mol. The number of carbonyl (C=O) groups excluding carboxylic acids is 1. The van der Waals surface area contributed by atoms with E-state index in [1.165, 1.54) is 11.8 Å². The van der Waals surface area contributed by atoms with E-state index in [4.69, 9.17) is 4.42 Å². The molecule has 124 valence electrons. The molecule has 2 heterocycles. The lowest BCUT2D eigenvalue weighted by molar-refractivity contribution is -0.113. The monoisotopic (exact) mass is 454 g/mol. The normalized spacial score (nSPS) is 10.8. The number of nitrogens with one attached hydrogen (secondary N) is 1. The van der Waals surface area contributed by atoms with Gasteiger partial charge in [-0.05, 0) is 65.4 Å². The van der Waals surface area contributed by atoms with Gasteiger partial charge >= 0.3 is 0 Å². The number of rotatable bonds is 6. The van der Waals surface area contributed by atoms with Crippen LogP contribution in [0.2, 0.25) is 0 Å². The third-order valence-corrected chi connectivity index (χ3v) is 4.93. The van der Waals surface area contributed by atoms with Gasteiger partial charge in [-0.25, -0.2) is 0 Å². The van der Waals surface area contributed by atoms with Crippen molar-refractivity contribution in [3.63, 3.8) is 0 Å². The molecular formula is C16H15IN4O2S. The number of hydrogen-bond donors (Lipinski definition) is 1. The number of carbonyl (C=O) groups is 1. The highest BCUT2D eigenvalue weighted by Gasteiger charge is 2.11. The fourth-order valence-electron chi connectivity index (χ4n) is 2.12. The van der Waals surface area contributed by atoms with Gasteiger partial charge in [-0.2, -0.15) is 0 Å². The molecule has 1 aromatic carbocycles. The maximum Gasteiger partial charge on any atom is 0.234 e. The Morgan fingerprint density at radius 3 is 3.04 bits per heavy atom. The van der Waals surface area contributed by atoms with Gasteiger partial charge in [0.2, 0.25) is 5.91 Å². The first-order chi connectivity index (χ1) is 11.6. The quantitative estimate of drug-likeness (QED) is 0.456. The fraction of sp³-hybridized carbons (Fsp3) is 0.188. The van der Waals surface area contributed by atoms with Gasteiger partial charge in [-0.15, -0.1) is 10.2 Å². The molecule has 0 spiro atoms. The third kappa shape index (κ3) is 4.38. The van der Waals surface area contributed by atoms with E-state index >= 15 is 0 Å². The van der Waals surface area contributed by atoms with Crippen LogP contribution in [0.15, 0.2) is 52.5 Å². The van der Waals surface area contributed by atoms with Crippen molar-refractivity contribution in [1.82, 2.24) is 14.8 Å². The summed E-state index contributed by atoms with van der Waals surface area (Å²) in [4.78, 5) is 12.2. The molecule has 0 saturated carbocycles. The predicted molar refractivity (Wildman–Crippen MR) is 101 cm³/mol. The van der Waals surface area contributed by atoms with Gasteiger partial charge in [-0.3, -0.25) is 4.79 Å². The maximum absolute atomic E-state index is 12.2. The second kappa shape index (κ2) is 7.84. The number of aromatic nitrogens is 3. The second-order valence-electron chi connectivity index (χ2n) is 5.12. The van der Waals surface area contributed by atoms with Crippen molar-refractivity contribution in [2.24, 2.45) is 0 Å². The summed E-state index contributed by atoms with van der Waals surface area (Å²) < 4.78 is 8.32. The molecule has 0 saturated heterocycles. The molecule has 1 amide bonds. The number of benzene rings is 1. The van der Waals surface area contributed by atoms with Crippen molar-refractivity contribution in [3.05, 3.63) is 57.8 Å². The van der Waals surface area contributed by atoms with Gasteiger partial charge in [0.25, 0.3) is 0 Å². The lowest BCUT2D eigenvalue weighted by atomic mass is 10.2. The molecule has 0 aliphatic carbocycles. The summed E-state index contributed by atoms with van der Waals surface area (Å²) >= 11 is 3.60. The molecule has 0 atom stereocenters. The molecule has 0 aliphatic heterocycles. The Morgan fingerprint density at radius 2 is 2.29 bits per heavy atom. The first-order valence-electron chi connectivity index (χ1n) is 7.21. The van der Waals surface area contributed by atoms with Gasteiger partial charge in [-0.1, -0.05) is 11.8 Å². The van der Waals surface area contributed by atoms with Gasteiger partial charge in [0.1, 0.15) is 12.1 Å². The first-order valence-corrected chi connectivity index (χ1v) is 9.27. The minimum atomic E-state index is -0.0724. The second-order valence-corrected chi connectivity index (χ2v) is 7.31. The summed E-state index contributed by atoms with van der Waals surface area (Å²) in [5.41, 5.74) is 1.87. The van der Waals surface area contributed by atoms with E-state index in [-0.39, 0.29) is 11.7 Å². The SMILES string of the molecule is Cc1cc(I)ccc1NC(=O)CSc1nncn1Cc1ccco1. The molecule has 3 aromatic rings. The van der Waals surface area contributed by atoms with E-state index in [9.17, 15) is 4.79 Å². The summed E-state index contributed by atoms with van der Waals surface area (Å²) in [6.45, 7) is 2.52. The summed E-state index contributed by atoms with van der Waals surface area (Å²) in [6, 6.07) is 9.64. The Labute approximate surface area is 157 Å². The highest BCUT2D eigenvalue weighted by Crippen LogP contribution is 2.20. The maximum atomic E-state index is 12.2. The van der Waals surface area contributed by atoms with Crippen LogP contribution in [0.25, 0.3) is 0 Å². The molecule has 0 bridgehead atoms. The van der Waals surface area contributed by atoms with Gasteiger partial charge in [0.05, 0.1) is 18.6 Å². The van der Waals surface area contributed by atoms with Crippen LogP contribution in [-0.2, 0) is 11.3 Å². The number of nitrogens with zero attached hydrogens (tertiary/aromatic N) is 3. The first kappa shape index (κ1) is 17.0. The molecule has 3 rings (SSSR count). The van der Waals surface area contributed by atoms with Crippen molar-refractivity contribution >= 4 is 45.9 Å². The lowest BCUT2D eigenvalue weighted by Gasteiger charge is -2.09. The fourth-order valence-corrected chi connectivity index (χ4v) is 3.48. The van der Waals surface area contributed by atoms with Gasteiger partial charge < -0.3 is 14.3 Å². The molecule has 2 aromatic heterocycles. The predicted octanol–water partition coefficient (Wildman–Crippen LogP) is 3.56. The molecule has 0 radical (unpaired) electrons. The minimum Gasteiger partial charge on any atom is -0.467 e. The van der Waals surface area contributed by atoms with E-state index in [1.807, 2.05) is 41.8 Å². The topological polar surface area (TPSA) is 73.0 Å². The largest absolute Gasteiger partial charge is 0.467 e. The summed E-state index contributed by atoms with van der Waals surface area (Å²) in [7, 11) is 0. The number of thioether (sulfide) groups is 1. The number of aryl methyl sites for hydroxylation is 1. The number of amides is 1. The molecule has 8 heteroatoms. The van der Waals surface area contributed by atoms with E-state index in [0.717, 1.165) is 20.6 Å². The molecular weight excluding hydrogens is 439 g/mol. The highest BCUT2D eigenvalue weighted by atomic mass is 127. The number of hydrogen-bond acceptors (Lipinski definition) is 5. The standard InChI is InChI=1S/C16H15IN4O2S/c1-11-7-12(17)4-5-14(11)19-15(22)9-24-16-20-18-10-21(16)8-13-3-2-6-23-13/h2-7,10H,8-9H2,1H3,(H,19,22). The molecule has 24 heavy (non-hydrogen) atoms. The zero-order chi connectivity index (χ0) is 16.9. The van der Waals surface area contributed by atoms with E-state index < -0.39 is 0 Å². The van der Waals surface area contributed by atoms with Crippen LogP contribution >= 0.6 is 34.4 Å². The van der Waals surface area contributed by atoms with E-state index in [2.05, 4.69) is 38.1 Å². The van der Waals surface area contributed by atoms with Crippen LogP contribution in [-0.4, -0.2) is 26.4 Å². The zero-order valence-electron chi connectivity index (χ0n) is 12.9. The Morgan fingerprint density at radius 1 is 1.42 bits per heavy atom. The molecule has 0 fully saturated rings. The Bertz CT molecular complexity index is 832. The lowest BCUT2D eigenvalue weighted by Crippen LogP contribution is -2.15. The van der Waals surface area contributed by atoms with Crippen molar-refractivity contribution in [3.8, 4) is 0 Å². The molecule has 1 N–H and O–H groups in total. The van der Waals surface area contributed by atoms with Gasteiger partial charge in [0.15, 0.2) is 5.16 Å². The average Bonchev–Trinajstić information content (AvgIpc) is 3.20. The number of furan rings is 1. The summed E-state index contributed by atoms with van der Waals surface area (Å²) in [5.74, 6) is 1.01. The van der Waals surface area contributed by atoms with Crippen molar-refractivity contribution in [2.75, 3.05) is 11.1 Å². The Hall–Kier alpha value is -1.81. The van der Waals surface area contributed by atoms with Crippen molar-refractivity contribution < 1.29 is 9.21 Å². The summed E-state index contributed by atoms with van der Waals surface area (Å²) in [5, 5.41) is 11.6. The Balaban J connectivity index is 1.58. The number of anilines is 1. The molecule has 6 nitrogen and oxygen atoms in total. The van der Waals surface area contributed by atoms with Crippen LogP contribution in [0, 0.1) is 10.5 Å². The highest BCUT2D eigenvalue weighted by molar-refractivity contribution is 14.1. The van der Waals surface area contributed by atoms with Gasteiger partial charge in [0, 0.05) is 9.26 Å². The zero-order valence-corrected chi connectivity index (χ0v) is 15.9. The third-order valence-electron chi connectivity index (χ3n) is 3.28. The summed E-state index contributed by atoms with van der Waals surface area (Å²) in [6.07, 6.45) is 3.26. The van der Waals surface area contributed by atoms with Crippen molar-refractivity contribution in [1.29, 1.82) is 0 Å². The number of halogens is 1. The molecule has 0 aliphatic rings.